The number of sulfonamides is 1. The minimum absolute atomic E-state index is 0.0395. The normalized spacial score (nSPS) is 28.9. The van der Waals surface area contributed by atoms with E-state index in [0.717, 1.165) is 44.5 Å². The van der Waals surface area contributed by atoms with Crippen LogP contribution in [0.1, 0.15) is 42.9 Å². The molecule has 0 radical (unpaired) electrons. The zero-order valence-corrected chi connectivity index (χ0v) is 16.8. The fourth-order valence-electron chi connectivity index (χ4n) is 5.22. The van der Waals surface area contributed by atoms with Crippen molar-refractivity contribution in [2.75, 3.05) is 39.2 Å². The third-order valence-corrected chi connectivity index (χ3v) is 8.49. The van der Waals surface area contributed by atoms with E-state index in [9.17, 15) is 12.8 Å². The molecule has 5 nitrogen and oxygen atoms in total. The maximum absolute atomic E-state index is 12.8. The second-order valence-corrected chi connectivity index (χ2v) is 10.0. The molecule has 150 valence electrons. The van der Waals surface area contributed by atoms with Crippen LogP contribution in [0.25, 0.3) is 0 Å². The van der Waals surface area contributed by atoms with E-state index < -0.39 is 16.7 Å². The highest BCUT2D eigenvalue weighted by Crippen LogP contribution is 2.44. The second kappa shape index (κ2) is 7.68. The minimum atomic E-state index is -3.39. The number of halogens is 1. The third kappa shape index (κ3) is 3.61. The van der Waals surface area contributed by atoms with Crippen LogP contribution >= 0.6 is 0 Å². The smallest absolute Gasteiger partial charge is 0.214 e. The average molecular weight is 397 g/mol. The van der Waals surface area contributed by atoms with Gasteiger partial charge in [-0.15, -0.1) is 0 Å². The summed E-state index contributed by atoms with van der Waals surface area (Å²) in [6, 6.07) is 6.58. The Kier molecular flexibility index (Phi) is 5.45. The van der Waals surface area contributed by atoms with Gasteiger partial charge in [0.1, 0.15) is 5.75 Å². The van der Waals surface area contributed by atoms with Crippen molar-refractivity contribution in [3.63, 3.8) is 0 Å². The summed E-state index contributed by atoms with van der Waals surface area (Å²) < 4.78 is 45.3. The zero-order chi connectivity index (χ0) is 19.0. The van der Waals surface area contributed by atoms with E-state index in [1.807, 2.05) is 6.07 Å². The molecule has 0 unspecified atom stereocenters. The molecule has 3 atom stereocenters. The van der Waals surface area contributed by atoms with Crippen molar-refractivity contribution in [2.45, 2.75) is 44.2 Å². The molecular formula is C20H29FN2O3S. The first-order chi connectivity index (χ1) is 13.0. The van der Waals surface area contributed by atoms with E-state index in [1.165, 1.54) is 11.1 Å². The maximum Gasteiger partial charge on any atom is 0.214 e. The maximum atomic E-state index is 12.8. The summed E-state index contributed by atoms with van der Waals surface area (Å²) >= 11 is 0. The van der Waals surface area contributed by atoms with Gasteiger partial charge in [-0.2, -0.15) is 4.31 Å². The minimum Gasteiger partial charge on any atom is -0.497 e. The molecule has 0 N–H and O–H groups in total. The predicted octanol–water partition coefficient (Wildman–Crippen LogP) is 2.77. The van der Waals surface area contributed by atoms with Gasteiger partial charge in [0.15, 0.2) is 0 Å². The molecule has 0 bridgehead atoms. The monoisotopic (exact) mass is 396 g/mol. The Hall–Kier alpha value is -1.18. The molecule has 1 aromatic rings. The third-order valence-electron chi connectivity index (χ3n) is 6.51. The van der Waals surface area contributed by atoms with Gasteiger partial charge in [0.25, 0.3) is 0 Å². The van der Waals surface area contributed by atoms with Crippen LogP contribution in [-0.4, -0.2) is 62.8 Å². The molecule has 27 heavy (non-hydrogen) atoms. The van der Waals surface area contributed by atoms with Crippen molar-refractivity contribution in [3.05, 3.63) is 29.3 Å². The van der Waals surface area contributed by atoms with Crippen molar-refractivity contribution >= 4 is 10.0 Å². The number of hydrogen-bond acceptors (Lipinski definition) is 4. The molecule has 3 aliphatic rings. The number of methoxy groups -OCH3 is 1. The molecule has 3 aliphatic heterocycles. The molecule has 0 saturated carbocycles. The number of ether oxygens (including phenoxy) is 1. The van der Waals surface area contributed by atoms with Crippen LogP contribution < -0.4 is 4.74 Å². The fourth-order valence-corrected chi connectivity index (χ4v) is 7.00. The van der Waals surface area contributed by atoms with Gasteiger partial charge in [-0.05, 0) is 61.3 Å². The highest BCUT2D eigenvalue weighted by atomic mass is 32.2. The molecule has 7 heteroatoms. The van der Waals surface area contributed by atoms with Crippen molar-refractivity contribution in [3.8, 4) is 5.75 Å². The zero-order valence-electron chi connectivity index (χ0n) is 15.9. The lowest BCUT2D eigenvalue weighted by molar-refractivity contribution is 0.0219. The van der Waals surface area contributed by atoms with Gasteiger partial charge in [-0.25, -0.2) is 8.42 Å². The summed E-state index contributed by atoms with van der Waals surface area (Å²) in [6.07, 6.45) is 3.92. The highest BCUT2D eigenvalue weighted by molar-refractivity contribution is 7.89. The van der Waals surface area contributed by atoms with Crippen LogP contribution in [0.15, 0.2) is 18.2 Å². The van der Waals surface area contributed by atoms with Crippen LogP contribution in [0, 0.1) is 5.92 Å². The SMILES string of the molecule is COc1ccc2c(c1)CCN1C[C@H]3CCCN(S(=O)(=O)CCCF)[C@H]3C[C@@H]21. The molecule has 0 aliphatic carbocycles. The Morgan fingerprint density at radius 3 is 2.93 bits per heavy atom. The Morgan fingerprint density at radius 2 is 2.15 bits per heavy atom. The van der Waals surface area contributed by atoms with Crippen molar-refractivity contribution in [1.29, 1.82) is 0 Å². The molecule has 0 amide bonds. The number of rotatable bonds is 5. The first-order valence-electron chi connectivity index (χ1n) is 10.00. The van der Waals surface area contributed by atoms with Gasteiger partial charge >= 0.3 is 0 Å². The number of alkyl halides is 1. The molecule has 0 spiro atoms. The predicted molar refractivity (Wildman–Crippen MR) is 103 cm³/mol. The van der Waals surface area contributed by atoms with Gasteiger partial charge in [-0.3, -0.25) is 9.29 Å². The van der Waals surface area contributed by atoms with Crippen LogP contribution in [-0.2, 0) is 16.4 Å². The topological polar surface area (TPSA) is 49.9 Å². The second-order valence-electron chi connectivity index (χ2n) is 8.00. The van der Waals surface area contributed by atoms with Crippen molar-refractivity contribution in [2.24, 2.45) is 5.92 Å². The first kappa shape index (κ1) is 19.2. The molecule has 2 fully saturated rings. The molecule has 4 rings (SSSR count). The van der Waals surface area contributed by atoms with Gasteiger partial charge in [-0.1, -0.05) is 6.07 Å². The van der Waals surface area contributed by atoms with Crippen LogP contribution in [0.4, 0.5) is 4.39 Å². The van der Waals surface area contributed by atoms with E-state index in [4.69, 9.17) is 4.74 Å². The van der Waals surface area contributed by atoms with Gasteiger partial charge in [0.05, 0.1) is 19.5 Å². The highest BCUT2D eigenvalue weighted by Gasteiger charge is 2.45. The summed E-state index contributed by atoms with van der Waals surface area (Å²) in [7, 11) is -1.70. The summed E-state index contributed by atoms with van der Waals surface area (Å²) in [4.78, 5) is 2.54. The lowest BCUT2D eigenvalue weighted by Gasteiger charge is -2.51. The summed E-state index contributed by atoms with van der Waals surface area (Å²) in [6.45, 7) is 1.98. The Bertz CT molecular complexity index is 785. The van der Waals surface area contributed by atoms with E-state index in [0.29, 0.717) is 12.5 Å². The van der Waals surface area contributed by atoms with Crippen molar-refractivity contribution in [1.82, 2.24) is 9.21 Å². The standard InChI is InChI=1S/C20H29FN2O3S/c1-26-17-5-6-18-15(12-17)7-10-22-14-16-4-2-9-23(19(16)13-20(18)22)27(24,25)11-3-8-21/h5-6,12,16,19-20H,2-4,7-11,13-14H2,1H3/t16-,19+,20+/m1/s1. The summed E-state index contributed by atoms with van der Waals surface area (Å²) in [5.41, 5.74) is 2.63. The Labute approximate surface area is 161 Å². The quantitative estimate of drug-likeness (QED) is 0.768. The Balaban J connectivity index is 1.60. The first-order valence-corrected chi connectivity index (χ1v) is 11.6. The summed E-state index contributed by atoms with van der Waals surface area (Å²) in [5, 5.41) is 0. The van der Waals surface area contributed by atoms with E-state index in [2.05, 4.69) is 17.0 Å². The number of benzene rings is 1. The average Bonchev–Trinajstić information content (AvgIpc) is 2.69. The fraction of sp³-hybridized carbons (Fsp3) is 0.700. The van der Waals surface area contributed by atoms with Gasteiger partial charge in [0.2, 0.25) is 10.0 Å². The largest absolute Gasteiger partial charge is 0.497 e. The van der Waals surface area contributed by atoms with Gasteiger partial charge < -0.3 is 4.74 Å². The van der Waals surface area contributed by atoms with Crippen LogP contribution in [0.2, 0.25) is 0 Å². The van der Waals surface area contributed by atoms with E-state index in [1.54, 1.807) is 11.4 Å². The van der Waals surface area contributed by atoms with Crippen LogP contribution in [0.5, 0.6) is 5.75 Å². The molecular weight excluding hydrogens is 367 g/mol. The van der Waals surface area contributed by atoms with Gasteiger partial charge in [0, 0.05) is 31.7 Å². The number of piperidine rings is 2. The van der Waals surface area contributed by atoms with E-state index in [-0.39, 0.29) is 24.3 Å². The number of hydrogen-bond donors (Lipinski definition) is 0. The van der Waals surface area contributed by atoms with E-state index >= 15 is 0 Å². The summed E-state index contributed by atoms with van der Waals surface area (Å²) in [5.74, 6) is 1.19. The van der Waals surface area contributed by atoms with Crippen molar-refractivity contribution < 1.29 is 17.5 Å². The molecule has 3 heterocycles. The molecule has 1 aromatic carbocycles. The number of fused-ring (bicyclic) bond motifs is 4. The van der Waals surface area contributed by atoms with Crippen LogP contribution in [0.3, 0.4) is 0 Å². The molecule has 0 aromatic heterocycles. The Morgan fingerprint density at radius 1 is 1.30 bits per heavy atom. The number of nitrogens with zero attached hydrogens (tertiary/aromatic N) is 2. The molecule has 2 saturated heterocycles. The lowest BCUT2D eigenvalue weighted by Crippen LogP contribution is -2.57. The lowest BCUT2D eigenvalue weighted by atomic mass is 9.77.